The summed E-state index contributed by atoms with van der Waals surface area (Å²) in [6.45, 7) is 11.4. The third-order valence-corrected chi connectivity index (χ3v) is 5.38. The lowest BCUT2D eigenvalue weighted by Gasteiger charge is -2.37. The molecule has 0 aromatic heterocycles. The van der Waals surface area contributed by atoms with Crippen LogP contribution in [0.15, 0.2) is 30.3 Å². The van der Waals surface area contributed by atoms with E-state index in [2.05, 4.69) is 31.7 Å². The van der Waals surface area contributed by atoms with Crippen molar-refractivity contribution >= 4 is 23.2 Å². The van der Waals surface area contributed by atoms with E-state index in [4.69, 9.17) is 11.6 Å². The number of rotatable bonds is 2. The molecule has 0 radical (unpaired) electrons. The molecule has 132 valence electrons. The van der Waals surface area contributed by atoms with Gasteiger partial charge in [0.2, 0.25) is 0 Å². The number of carbonyl (C=O) groups excluding carboxylic acids is 1. The van der Waals surface area contributed by atoms with Crippen LogP contribution in [0.25, 0.3) is 0 Å². The molecule has 2 aromatic carbocycles. The molecule has 3 nitrogen and oxygen atoms in total. The highest BCUT2D eigenvalue weighted by Crippen LogP contribution is 2.26. The number of hydrogen-bond donors (Lipinski definition) is 0. The van der Waals surface area contributed by atoms with E-state index in [1.54, 1.807) is 0 Å². The van der Waals surface area contributed by atoms with E-state index in [9.17, 15) is 4.79 Å². The fourth-order valence-corrected chi connectivity index (χ4v) is 3.60. The molecule has 0 saturated carbocycles. The molecule has 1 amide bonds. The first-order valence-corrected chi connectivity index (χ1v) is 9.13. The number of benzene rings is 2. The van der Waals surface area contributed by atoms with Crippen LogP contribution in [0.5, 0.6) is 0 Å². The lowest BCUT2D eigenvalue weighted by molar-refractivity contribution is 0.0746. The van der Waals surface area contributed by atoms with Gasteiger partial charge in [0, 0.05) is 42.5 Å². The molecule has 0 aliphatic carbocycles. The van der Waals surface area contributed by atoms with Crippen molar-refractivity contribution in [3.8, 4) is 0 Å². The largest absolute Gasteiger partial charge is 0.368 e. The standard InChI is InChI=1S/C21H25ClN2O/c1-14-5-6-18(22)13-20(14)23-7-9-24(10-8-23)21(25)19-12-16(3)15(2)11-17(19)4/h5-6,11-13H,7-10H2,1-4H3. The van der Waals surface area contributed by atoms with Crippen LogP contribution in [0.2, 0.25) is 5.02 Å². The average molecular weight is 357 g/mol. The first-order valence-electron chi connectivity index (χ1n) is 8.75. The van der Waals surface area contributed by atoms with Gasteiger partial charge in [-0.25, -0.2) is 0 Å². The Labute approximate surface area is 155 Å². The first-order chi connectivity index (χ1) is 11.9. The van der Waals surface area contributed by atoms with E-state index in [0.29, 0.717) is 0 Å². The number of piperazine rings is 1. The van der Waals surface area contributed by atoms with Gasteiger partial charge in [-0.05, 0) is 68.1 Å². The molecule has 0 bridgehead atoms. The summed E-state index contributed by atoms with van der Waals surface area (Å²) in [6, 6.07) is 10.1. The van der Waals surface area contributed by atoms with Gasteiger partial charge in [0.1, 0.15) is 0 Å². The van der Waals surface area contributed by atoms with Crippen molar-refractivity contribution in [1.29, 1.82) is 0 Å². The second-order valence-electron chi connectivity index (χ2n) is 6.96. The lowest BCUT2D eigenvalue weighted by Crippen LogP contribution is -2.49. The molecule has 1 heterocycles. The molecule has 1 aliphatic rings. The SMILES string of the molecule is Cc1cc(C)c(C(=O)N2CCN(c3cc(Cl)ccc3C)CC2)cc1C. The Kier molecular flexibility index (Phi) is 5.05. The van der Waals surface area contributed by atoms with Crippen molar-refractivity contribution in [3.63, 3.8) is 0 Å². The number of amides is 1. The molecule has 2 aromatic rings. The molecular weight excluding hydrogens is 332 g/mol. The summed E-state index contributed by atoms with van der Waals surface area (Å²) in [5, 5.41) is 0.755. The van der Waals surface area contributed by atoms with Crippen LogP contribution in [-0.4, -0.2) is 37.0 Å². The fraction of sp³-hybridized carbons (Fsp3) is 0.381. The predicted molar refractivity (Wildman–Crippen MR) is 105 cm³/mol. The Hall–Kier alpha value is -2.00. The van der Waals surface area contributed by atoms with Crippen molar-refractivity contribution < 1.29 is 4.79 Å². The maximum absolute atomic E-state index is 12.9. The number of hydrogen-bond acceptors (Lipinski definition) is 2. The van der Waals surface area contributed by atoms with E-state index in [0.717, 1.165) is 42.3 Å². The second kappa shape index (κ2) is 7.09. The number of nitrogens with zero attached hydrogens (tertiary/aromatic N) is 2. The Morgan fingerprint density at radius 1 is 0.840 bits per heavy atom. The zero-order chi connectivity index (χ0) is 18.1. The van der Waals surface area contributed by atoms with Crippen LogP contribution in [-0.2, 0) is 0 Å². The molecular formula is C21H25ClN2O. The van der Waals surface area contributed by atoms with Crippen LogP contribution in [0.4, 0.5) is 5.69 Å². The summed E-state index contributed by atoms with van der Waals surface area (Å²) in [5.41, 5.74) is 6.67. The van der Waals surface area contributed by atoms with Gasteiger partial charge >= 0.3 is 0 Å². The summed E-state index contributed by atoms with van der Waals surface area (Å²) in [7, 11) is 0. The minimum absolute atomic E-state index is 0.142. The molecule has 1 aliphatic heterocycles. The molecule has 1 saturated heterocycles. The third kappa shape index (κ3) is 3.67. The van der Waals surface area contributed by atoms with Crippen molar-refractivity contribution in [2.75, 3.05) is 31.1 Å². The number of halogens is 1. The van der Waals surface area contributed by atoms with Gasteiger partial charge in [-0.15, -0.1) is 0 Å². The van der Waals surface area contributed by atoms with Gasteiger partial charge < -0.3 is 9.80 Å². The summed E-state index contributed by atoms with van der Waals surface area (Å²) in [4.78, 5) is 17.2. The minimum atomic E-state index is 0.142. The summed E-state index contributed by atoms with van der Waals surface area (Å²) >= 11 is 6.15. The Bertz CT molecular complexity index is 808. The predicted octanol–water partition coefficient (Wildman–Crippen LogP) is 4.54. The van der Waals surface area contributed by atoms with E-state index in [1.807, 2.05) is 36.1 Å². The smallest absolute Gasteiger partial charge is 0.254 e. The van der Waals surface area contributed by atoms with Gasteiger partial charge in [-0.3, -0.25) is 4.79 Å². The molecule has 0 unspecified atom stereocenters. The third-order valence-electron chi connectivity index (χ3n) is 5.15. The molecule has 1 fully saturated rings. The van der Waals surface area contributed by atoms with Gasteiger partial charge in [0.05, 0.1) is 0 Å². The zero-order valence-electron chi connectivity index (χ0n) is 15.4. The average Bonchev–Trinajstić information content (AvgIpc) is 2.60. The number of anilines is 1. The van der Waals surface area contributed by atoms with Crippen LogP contribution < -0.4 is 4.90 Å². The topological polar surface area (TPSA) is 23.6 Å². The minimum Gasteiger partial charge on any atom is -0.368 e. The molecule has 0 atom stereocenters. The van der Waals surface area contributed by atoms with Gasteiger partial charge in [0.15, 0.2) is 0 Å². The maximum atomic E-state index is 12.9. The van der Waals surface area contributed by atoms with Gasteiger partial charge in [-0.1, -0.05) is 23.7 Å². The zero-order valence-corrected chi connectivity index (χ0v) is 16.2. The summed E-state index contributed by atoms with van der Waals surface area (Å²) in [5.74, 6) is 0.142. The van der Waals surface area contributed by atoms with Crippen LogP contribution in [0, 0.1) is 27.7 Å². The molecule has 0 N–H and O–H groups in total. The van der Waals surface area contributed by atoms with E-state index < -0.39 is 0 Å². The highest BCUT2D eigenvalue weighted by Gasteiger charge is 2.24. The van der Waals surface area contributed by atoms with E-state index in [-0.39, 0.29) is 5.91 Å². The van der Waals surface area contributed by atoms with Crippen molar-refractivity contribution in [2.45, 2.75) is 27.7 Å². The van der Waals surface area contributed by atoms with Crippen LogP contribution >= 0.6 is 11.6 Å². The monoisotopic (exact) mass is 356 g/mol. The molecule has 0 spiro atoms. The van der Waals surface area contributed by atoms with Crippen molar-refractivity contribution in [1.82, 2.24) is 4.90 Å². The van der Waals surface area contributed by atoms with Crippen LogP contribution in [0.1, 0.15) is 32.6 Å². The first kappa shape index (κ1) is 17.8. The van der Waals surface area contributed by atoms with E-state index in [1.165, 1.54) is 22.4 Å². The van der Waals surface area contributed by atoms with Crippen molar-refractivity contribution in [3.05, 3.63) is 63.2 Å². The molecule has 25 heavy (non-hydrogen) atoms. The van der Waals surface area contributed by atoms with E-state index >= 15 is 0 Å². The lowest BCUT2D eigenvalue weighted by atomic mass is 9.99. The Morgan fingerprint density at radius 2 is 1.48 bits per heavy atom. The van der Waals surface area contributed by atoms with Gasteiger partial charge in [0.25, 0.3) is 5.91 Å². The number of carbonyl (C=O) groups is 1. The summed E-state index contributed by atoms with van der Waals surface area (Å²) in [6.07, 6.45) is 0. The fourth-order valence-electron chi connectivity index (χ4n) is 3.43. The molecule has 3 rings (SSSR count). The normalized spacial score (nSPS) is 14.8. The van der Waals surface area contributed by atoms with Crippen LogP contribution in [0.3, 0.4) is 0 Å². The number of aryl methyl sites for hydroxylation is 4. The Balaban J connectivity index is 1.73. The maximum Gasteiger partial charge on any atom is 0.254 e. The Morgan fingerprint density at radius 3 is 2.16 bits per heavy atom. The highest BCUT2D eigenvalue weighted by atomic mass is 35.5. The van der Waals surface area contributed by atoms with Crippen molar-refractivity contribution in [2.24, 2.45) is 0 Å². The summed E-state index contributed by atoms with van der Waals surface area (Å²) < 4.78 is 0. The molecule has 4 heteroatoms. The second-order valence-corrected chi connectivity index (χ2v) is 7.40. The highest BCUT2D eigenvalue weighted by molar-refractivity contribution is 6.30. The van der Waals surface area contributed by atoms with Gasteiger partial charge in [-0.2, -0.15) is 0 Å². The quantitative estimate of drug-likeness (QED) is 0.788.